The van der Waals surface area contributed by atoms with Crippen molar-refractivity contribution in [3.63, 3.8) is 0 Å². The number of nitrogens with zero attached hydrogens (tertiary/aromatic N) is 2. The number of halogens is 1. The number of aromatic nitrogens is 1. The molecule has 3 rings (SSSR count). The highest BCUT2D eigenvalue weighted by molar-refractivity contribution is 9.10. The monoisotopic (exact) mass is 278 g/mol. The fourth-order valence-electron chi connectivity index (χ4n) is 2.76. The molecule has 1 aliphatic carbocycles. The van der Waals surface area contributed by atoms with Gasteiger partial charge in [0.1, 0.15) is 5.82 Å². The molecule has 2 nitrogen and oxygen atoms in total. The number of hydrogen-bond acceptors (Lipinski definition) is 2. The molecule has 0 amide bonds. The van der Waals surface area contributed by atoms with Gasteiger partial charge in [0, 0.05) is 23.8 Å². The van der Waals surface area contributed by atoms with Crippen LogP contribution in [-0.2, 0) is 0 Å². The maximum Gasteiger partial charge on any atom is 0.128 e. The molecule has 0 spiro atoms. The van der Waals surface area contributed by atoms with Gasteiger partial charge in [-0.15, -0.1) is 0 Å². The summed E-state index contributed by atoms with van der Waals surface area (Å²) in [5, 5.41) is 0. The van der Waals surface area contributed by atoms with E-state index < -0.39 is 0 Å². The van der Waals surface area contributed by atoms with Crippen LogP contribution in [0.2, 0.25) is 0 Å². The van der Waals surface area contributed by atoms with Crippen molar-refractivity contribution in [3.05, 3.63) is 35.0 Å². The molecular weight excluding hydrogens is 264 g/mol. The van der Waals surface area contributed by atoms with Gasteiger partial charge >= 0.3 is 0 Å². The van der Waals surface area contributed by atoms with Crippen molar-refractivity contribution >= 4 is 21.7 Å². The molecule has 2 aliphatic rings. The van der Waals surface area contributed by atoms with Crippen molar-refractivity contribution in [1.82, 2.24) is 4.98 Å². The van der Waals surface area contributed by atoms with Crippen molar-refractivity contribution in [2.45, 2.75) is 12.8 Å². The van der Waals surface area contributed by atoms with Crippen molar-refractivity contribution in [1.29, 1.82) is 0 Å². The van der Waals surface area contributed by atoms with Gasteiger partial charge in [0.25, 0.3) is 0 Å². The Balaban J connectivity index is 1.76. The van der Waals surface area contributed by atoms with E-state index in [-0.39, 0.29) is 0 Å². The fraction of sp³-hybridized carbons (Fsp3) is 0.462. The Morgan fingerprint density at radius 1 is 1.12 bits per heavy atom. The number of pyridine rings is 1. The molecule has 1 aliphatic heterocycles. The Labute approximate surface area is 104 Å². The van der Waals surface area contributed by atoms with Crippen LogP contribution < -0.4 is 4.90 Å². The molecule has 0 radical (unpaired) electrons. The number of fused-ring (bicyclic) bond motifs is 1. The average Bonchev–Trinajstić information content (AvgIpc) is 2.73. The van der Waals surface area contributed by atoms with Gasteiger partial charge in [-0.1, -0.05) is 12.2 Å². The summed E-state index contributed by atoms with van der Waals surface area (Å²) in [4.78, 5) is 6.90. The summed E-state index contributed by atoms with van der Waals surface area (Å²) in [6, 6.07) is 4.18. The predicted octanol–water partition coefficient (Wildman–Crippen LogP) is 3.25. The number of anilines is 1. The van der Waals surface area contributed by atoms with Crippen molar-refractivity contribution in [3.8, 4) is 0 Å². The van der Waals surface area contributed by atoms with Gasteiger partial charge in [0.15, 0.2) is 0 Å². The summed E-state index contributed by atoms with van der Waals surface area (Å²) in [6.07, 6.45) is 9.05. The van der Waals surface area contributed by atoms with Crippen LogP contribution in [0.25, 0.3) is 0 Å². The van der Waals surface area contributed by atoms with E-state index >= 15 is 0 Å². The van der Waals surface area contributed by atoms with E-state index in [2.05, 4.69) is 50.1 Å². The Bertz CT molecular complexity index is 383. The van der Waals surface area contributed by atoms with E-state index in [1.165, 1.54) is 25.9 Å². The quantitative estimate of drug-likeness (QED) is 0.734. The molecule has 1 aromatic heterocycles. The molecule has 0 bridgehead atoms. The maximum atomic E-state index is 4.48. The smallest absolute Gasteiger partial charge is 0.128 e. The lowest BCUT2D eigenvalue weighted by Gasteiger charge is -2.17. The third-order valence-electron chi connectivity index (χ3n) is 3.66. The minimum absolute atomic E-state index is 0.843. The number of rotatable bonds is 1. The molecule has 1 aromatic rings. The summed E-state index contributed by atoms with van der Waals surface area (Å²) in [5.74, 6) is 2.81. The molecule has 16 heavy (non-hydrogen) atoms. The normalized spacial score (nSPS) is 28.2. The first kappa shape index (κ1) is 10.3. The van der Waals surface area contributed by atoms with E-state index in [9.17, 15) is 0 Å². The second-order valence-electron chi connectivity index (χ2n) is 4.70. The molecule has 2 atom stereocenters. The van der Waals surface area contributed by atoms with Crippen LogP contribution in [0.4, 0.5) is 5.82 Å². The van der Waals surface area contributed by atoms with Crippen LogP contribution in [0.1, 0.15) is 12.8 Å². The zero-order valence-corrected chi connectivity index (χ0v) is 10.7. The highest BCUT2D eigenvalue weighted by Gasteiger charge is 2.33. The number of allylic oxidation sites excluding steroid dienone is 2. The average molecular weight is 279 g/mol. The molecule has 2 heterocycles. The first-order chi connectivity index (χ1) is 7.83. The molecule has 2 unspecified atom stereocenters. The molecule has 0 saturated carbocycles. The van der Waals surface area contributed by atoms with Crippen LogP contribution in [-0.4, -0.2) is 18.1 Å². The van der Waals surface area contributed by atoms with Gasteiger partial charge in [-0.05, 0) is 52.7 Å². The zero-order chi connectivity index (χ0) is 11.0. The van der Waals surface area contributed by atoms with Gasteiger partial charge in [0.05, 0.1) is 0 Å². The SMILES string of the molecule is Brc1ccc(N2CC3CC=CCC3C2)nc1. The molecule has 1 fully saturated rings. The van der Waals surface area contributed by atoms with E-state index in [1.807, 2.05) is 6.20 Å². The first-order valence-electron chi connectivity index (χ1n) is 5.84. The first-order valence-corrected chi connectivity index (χ1v) is 6.64. The third kappa shape index (κ3) is 1.88. The second-order valence-corrected chi connectivity index (χ2v) is 5.62. The molecule has 0 aromatic carbocycles. The molecule has 3 heteroatoms. The summed E-state index contributed by atoms with van der Waals surface area (Å²) in [7, 11) is 0. The summed E-state index contributed by atoms with van der Waals surface area (Å²) in [5.41, 5.74) is 0. The van der Waals surface area contributed by atoms with Gasteiger partial charge in [-0.2, -0.15) is 0 Å². The Morgan fingerprint density at radius 2 is 1.81 bits per heavy atom. The number of hydrogen-bond donors (Lipinski definition) is 0. The molecule has 84 valence electrons. The van der Waals surface area contributed by atoms with E-state index in [4.69, 9.17) is 0 Å². The van der Waals surface area contributed by atoms with Crippen molar-refractivity contribution < 1.29 is 0 Å². The highest BCUT2D eigenvalue weighted by atomic mass is 79.9. The molecule has 0 N–H and O–H groups in total. The topological polar surface area (TPSA) is 16.1 Å². The van der Waals surface area contributed by atoms with E-state index in [0.29, 0.717) is 0 Å². The van der Waals surface area contributed by atoms with Gasteiger partial charge in [0.2, 0.25) is 0 Å². The predicted molar refractivity (Wildman–Crippen MR) is 69.5 cm³/mol. The lowest BCUT2D eigenvalue weighted by molar-refractivity contribution is 0.411. The Kier molecular flexibility index (Phi) is 2.72. The van der Waals surface area contributed by atoms with Crippen LogP contribution in [0.15, 0.2) is 35.0 Å². The summed E-state index contributed by atoms with van der Waals surface area (Å²) in [6.45, 7) is 2.34. The maximum absolute atomic E-state index is 4.48. The Morgan fingerprint density at radius 3 is 2.38 bits per heavy atom. The van der Waals surface area contributed by atoms with Crippen LogP contribution in [0.3, 0.4) is 0 Å². The van der Waals surface area contributed by atoms with Crippen molar-refractivity contribution in [2.75, 3.05) is 18.0 Å². The summed E-state index contributed by atoms with van der Waals surface area (Å²) >= 11 is 3.42. The molecular formula is C13H15BrN2. The summed E-state index contributed by atoms with van der Waals surface area (Å²) < 4.78 is 1.05. The largest absolute Gasteiger partial charge is 0.356 e. The van der Waals surface area contributed by atoms with Gasteiger partial charge in [-0.25, -0.2) is 4.98 Å². The van der Waals surface area contributed by atoms with Gasteiger partial charge < -0.3 is 4.90 Å². The van der Waals surface area contributed by atoms with Crippen molar-refractivity contribution in [2.24, 2.45) is 11.8 Å². The standard InChI is InChI=1S/C13H15BrN2/c14-12-5-6-13(15-7-12)16-8-10-3-1-2-4-11(10)9-16/h1-2,5-7,10-11H,3-4,8-9H2. The lowest BCUT2D eigenvalue weighted by Crippen LogP contribution is -2.20. The van der Waals surface area contributed by atoms with Crippen LogP contribution >= 0.6 is 15.9 Å². The minimum atomic E-state index is 0.843. The Hall–Kier alpha value is -0.830. The van der Waals surface area contributed by atoms with Gasteiger partial charge in [-0.3, -0.25) is 0 Å². The van der Waals surface area contributed by atoms with Crippen LogP contribution in [0.5, 0.6) is 0 Å². The van der Waals surface area contributed by atoms with Crippen LogP contribution in [0, 0.1) is 11.8 Å². The third-order valence-corrected chi connectivity index (χ3v) is 4.13. The zero-order valence-electron chi connectivity index (χ0n) is 9.14. The second kappa shape index (κ2) is 4.21. The van der Waals surface area contributed by atoms with E-state index in [0.717, 1.165) is 22.1 Å². The molecule has 1 saturated heterocycles. The lowest BCUT2D eigenvalue weighted by atomic mass is 9.86. The minimum Gasteiger partial charge on any atom is -0.356 e. The fourth-order valence-corrected chi connectivity index (χ4v) is 2.99. The highest BCUT2D eigenvalue weighted by Crippen LogP contribution is 2.34. The van der Waals surface area contributed by atoms with E-state index in [1.54, 1.807) is 0 Å².